The molecule has 2 heterocycles. The molecule has 0 radical (unpaired) electrons. The van der Waals surface area contributed by atoms with Crippen molar-refractivity contribution in [3.8, 4) is 0 Å². The Hall–Kier alpha value is -3.48. The van der Waals surface area contributed by atoms with Gasteiger partial charge in [-0.25, -0.2) is 4.98 Å². The number of aryl methyl sites for hydroxylation is 1. The summed E-state index contributed by atoms with van der Waals surface area (Å²) in [4.78, 5) is 43.5. The number of rotatable bonds is 5. The summed E-state index contributed by atoms with van der Waals surface area (Å²) >= 11 is 0. The highest BCUT2D eigenvalue weighted by molar-refractivity contribution is 6.22. The van der Waals surface area contributed by atoms with Gasteiger partial charge in [0, 0.05) is 7.05 Å². The van der Waals surface area contributed by atoms with Crippen LogP contribution < -0.4 is 5.32 Å². The number of hydrogen-bond donors (Lipinski definition) is 1. The Morgan fingerprint density at radius 1 is 1.00 bits per heavy atom. The van der Waals surface area contributed by atoms with E-state index in [0.717, 1.165) is 21.8 Å². The fourth-order valence-electron chi connectivity index (χ4n) is 3.72. The number of amides is 3. The third kappa shape index (κ3) is 3.18. The average molecular weight is 390 g/mol. The smallest absolute Gasteiger partial charge is 0.262 e. The van der Waals surface area contributed by atoms with Crippen molar-refractivity contribution < 1.29 is 14.4 Å². The monoisotopic (exact) mass is 390 g/mol. The van der Waals surface area contributed by atoms with E-state index >= 15 is 0 Å². The van der Waals surface area contributed by atoms with Gasteiger partial charge in [0.05, 0.1) is 28.2 Å². The number of imide groups is 1. The minimum absolute atomic E-state index is 0.0663. The van der Waals surface area contributed by atoms with Crippen LogP contribution in [0.4, 0.5) is 0 Å². The molecule has 0 saturated carbocycles. The molecule has 7 heteroatoms. The molecule has 1 aliphatic rings. The summed E-state index contributed by atoms with van der Waals surface area (Å²) in [6, 6.07) is 14.0. The molecule has 29 heavy (non-hydrogen) atoms. The number of benzene rings is 2. The molecule has 7 nitrogen and oxygen atoms in total. The zero-order valence-corrected chi connectivity index (χ0v) is 16.5. The summed E-state index contributed by atoms with van der Waals surface area (Å²) in [5.41, 5.74) is 2.50. The normalized spacial score (nSPS) is 14.6. The quantitative estimate of drug-likeness (QED) is 0.679. The molecule has 0 fully saturated rings. The molecule has 0 bridgehead atoms. The first-order valence-electron chi connectivity index (χ1n) is 9.54. The second-order valence-corrected chi connectivity index (χ2v) is 7.55. The lowest BCUT2D eigenvalue weighted by Crippen LogP contribution is -2.43. The second-order valence-electron chi connectivity index (χ2n) is 7.55. The van der Waals surface area contributed by atoms with Gasteiger partial charge in [0.2, 0.25) is 5.91 Å². The first-order valence-corrected chi connectivity index (χ1v) is 9.54. The summed E-state index contributed by atoms with van der Waals surface area (Å²) in [6.45, 7) is 3.66. The van der Waals surface area contributed by atoms with E-state index in [4.69, 9.17) is 0 Å². The molecular formula is C22H22N4O3. The van der Waals surface area contributed by atoms with Crippen molar-refractivity contribution in [3.05, 3.63) is 65.5 Å². The summed E-state index contributed by atoms with van der Waals surface area (Å²) in [5, 5.41) is 2.96. The standard InChI is InChI=1S/C22H22N4O3/c1-13(2)19(20-23-16-10-6-7-11-17(16)25(20)3)24-18(27)12-26-21(28)14-8-4-5-9-15(14)22(26)29/h4-11,13,19H,12H2,1-3H3,(H,24,27)/t19-/m0/s1. The predicted octanol–water partition coefficient (Wildman–Crippen LogP) is 2.68. The second kappa shape index (κ2) is 7.16. The van der Waals surface area contributed by atoms with E-state index in [1.165, 1.54) is 0 Å². The van der Waals surface area contributed by atoms with Crippen molar-refractivity contribution in [3.63, 3.8) is 0 Å². The molecule has 0 unspecified atom stereocenters. The summed E-state index contributed by atoms with van der Waals surface area (Å²) < 4.78 is 1.96. The lowest BCUT2D eigenvalue weighted by Gasteiger charge is -2.23. The molecule has 1 N–H and O–H groups in total. The molecule has 3 amide bonds. The molecule has 0 spiro atoms. The molecule has 1 aliphatic heterocycles. The summed E-state index contributed by atoms with van der Waals surface area (Å²) in [7, 11) is 1.91. The Kier molecular flexibility index (Phi) is 4.66. The van der Waals surface area contributed by atoms with E-state index < -0.39 is 17.7 Å². The van der Waals surface area contributed by atoms with Crippen LogP contribution in [-0.4, -0.2) is 38.7 Å². The van der Waals surface area contributed by atoms with Gasteiger partial charge in [-0.05, 0) is 30.2 Å². The third-order valence-electron chi connectivity index (χ3n) is 5.26. The Morgan fingerprint density at radius 3 is 2.17 bits per heavy atom. The Labute approximate surface area is 168 Å². The lowest BCUT2D eigenvalue weighted by atomic mass is 10.0. The van der Waals surface area contributed by atoms with Gasteiger partial charge in [-0.3, -0.25) is 19.3 Å². The molecule has 0 saturated heterocycles. The maximum Gasteiger partial charge on any atom is 0.262 e. The lowest BCUT2D eigenvalue weighted by molar-refractivity contribution is -0.122. The number of carbonyl (C=O) groups is 3. The Morgan fingerprint density at radius 2 is 1.59 bits per heavy atom. The highest BCUT2D eigenvalue weighted by Gasteiger charge is 2.36. The van der Waals surface area contributed by atoms with Gasteiger partial charge in [0.1, 0.15) is 12.4 Å². The van der Waals surface area contributed by atoms with Gasteiger partial charge < -0.3 is 9.88 Å². The van der Waals surface area contributed by atoms with E-state index in [9.17, 15) is 14.4 Å². The van der Waals surface area contributed by atoms with E-state index in [1.54, 1.807) is 24.3 Å². The SMILES string of the molecule is CC(C)[C@H](NC(=O)CN1C(=O)c2ccccc2C1=O)c1nc2ccccc2n1C. The average Bonchev–Trinajstić information content (AvgIpc) is 3.16. The van der Waals surface area contributed by atoms with E-state index in [2.05, 4.69) is 10.3 Å². The number of imidazole rings is 1. The highest BCUT2D eigenvalue weighted by atomic mass is 16.2. The van der Waals surface area contributed by atoms with Crippen LogP contribution in [0.5, 0.6) is 0 Å². The van der Waals surface area contributed by atoms with Crippen molar-refractivity contribution >= 4 is 28.8 Å². The van der Waals surface area contributed by atoms with Crippen LogP contribution in [0.3, 0.4) is 0 Å². The van der Waals surface area contributed by atoms with Crippen LogP contribution in [0.15, 0.2) is 48.5 Å². The summed E-state index contributed by atoms with van der Waals surface area (Å²) in [6.07, 6.45) is 0. The third-order valence-corrected chi connectivity index (χ3v) is 5.26. The molecule has 1 atom stereocenters. The number of carbonyl (C=O) groups excluding carboxylic acids is 3. The van der Waals surface area contributed by atoms with Gasteiger partial charge in [-0.15, -0.1) is 0 Å². The molecule has 2 aromatic carbocycles. The zero-order valence-electron chi connectivity index (χ0n) is 16.5. The first-order chi connectivity index (χ1) is 13.9. The van der Waals surface area contributed by atoms with Crippen molar-refractivity contribution in [2.45, 2.75) is 19.9 Å². The van der Waals surface area contributed by atoms with E-state index in [1.807, 2.05) is 49.7 Å². The molecule has 3 aromatic rings. The minimum Gasteiger partial charge on any atom is -0.344 e. The summed E-state index contributed by atoms with van der Waals surface area (Å²) in [5.74, 6) is -0.479. The molecule has 4 rings (SSSR count). The zero-order chi connectivity index (χ0) is 20.7. The van der Waals surface area contributed by atoms with Gasteiger partial charge >= 0.3 is 0 Å². The van der Waals surface area contributed by atoms with Crippen LogP contribution in [0.1, 0.15) is 46.4 Å². The number of aromatic nitrogens is 2. The van der Waals surface area contributed by atoms with Gasteiger partial charge in [-0.1, -0.05) is 38.1 Å². The number of para-hydroxylation sites is 2. The predicted molar refractivity (Wildman–Crippen MR) is 108 cm³/mol. The van der Waals surface area contributed by atoms with Crippen LogP contribution >= 0.6 is 0 Å². The minimum atomic E-state index is -0.440. The molecule has 0 aliphatic carbocycles. The Bertz CT molecular complexity index is 1100. The molecule has 148 valence electrons. The van der Waals surface area contributed by atoms with Crippen LogP contribution in [0.25, 0.3) is 11.0 Å². The van der Waals surface area contributed by atoms with E-state index in [0.29, 0.717) is 11.1 Å². The van der Waals surface area contributed by atoms with Crippen molar-refractivity contribution in [2.75, 3.05) is 6.54 Å². The van der Waals surface area contributed by atoms with Crippen LogP contribution in [0, 0.1) is 5.92 Å². The Balaban J connectivity index is 1.55. The van der Waals surface area contributed by atoms with E-state index in [-0.39, 0.29) is 18.5 Å². The fraction of sp³-hybridized carbons (Fsp3) is 0.273. The van der Waals surface area contributed by atoms with Crippen molar-refractivity contribution in [1.82, 2.24) is 19.8 Å². The number of nitrogens with zero attached hydrogens (tertiary/aromatic N) is 3. The van der Waals surface area contributed by atoms with Gasteiger partial charge in [0.25, 0.3) is 11.8 Å². The number of nitrogens with one attached hydrogen (secondary N) is 1. The maximum atomic E-state index is 12.8. The van der Waals surface area contributed by atoms with Gasteiger partial charge in [-0.2, -0.15) is 0 Å². The molecular weight excluding hydrogens is 368 g/mol. The van der Waals surface area contributed by atoms with Crippen LogP contribution in [-0.2, 0) is 11.8 Å². The van der Waals surface area contributed by atoms with Crippen molar-refractivity contribution in [2.24, 2.45) is 13.0 Å². The van der Waals surface area contributed by atoms with Gasteiger partial charge in [0.15, 0.2) is 0 Å². The molecule has 1 aromatic heterocycles. The highest BCUT2D eigenvalue weighted by Crippen LogP contribution is 2.26. The largest absolute Gasteiger partial charge is 0.344 e. The number of fused-ring (bicyclic) bond motifs is 2. The fourth-order valence-corrected chi connectivity index (χ4v) is 3.72. The topological polar surface area (TPSA) is 84.3 Å². The van der Waals surface area contributed by atoms with Crippen molar-refractivity contribution in [1.29, 1.82) is 0 Å². The number of hydrogen-bond acceptors (Lipinski definition) is 4. The first kappa shape index (κ1) is 18.9. The maximum absolute atomic E-state index is 12.8. The van der Waals surface area contributed by atoms with Crippen LogP contribution in [0.2, 0.25) is 0 Å².